The lowest BCUT2D eigenvalue weighted by molar-refractivity contribution is -0.0406. The van der Waals surface area contributed by atoms with Gasteiger partial charge >= 0.3 is 0 Å². The molecule has 29 heavy (non-hydrogen) atoms. The van der Waals surface area contributed by atoms with E-state index in [1.54, 1.807) is 7.11 Å². The zero-order valence-corrected chi connectivity index (χ0v) is 17.8. The molecule has 10 heteroatoms. The molecule has 0 radical (unpaired) electrons. The number of halogens is 1. The maximum Gasteiger partial charge on any atom is 0.228 e. The lowest BCUT2D eigenvalue weighted by Gasteiger charge is -2.43. The first-order valence-electron chi connectivity index (χ1n) is 9.00. The van der Waals surface area contributed by atoms with E-state index in [0.717, 1.165) is 27.2 Å². The maximum atomic E-state index is 12.8. The minimum absolute atomic E-state index is 0.0152. The fourth-order valence-corrected chi connectivity index (χ4v) is 7.39. The molecule has 3 aromatic rings. The van der Waals surface area contributed by atoms with Crippen LogP contribution in [0.1, 0.15) is 17.3 Å². The SMILES string of the molecule is COc1cccc2cc(-c3cc(Cl)c(C4CS(=O)(=O)C5(CCO5)C(N)=N4)s3)[nH]c12. The average molecular weight is 452 g/mol. The molecule has 0 saturated carbocycles. The number of thiophene rings is 1. The molecule has 152 valence electrons. The van der Waals surface area contributed by atoms with Gasteiger partial charge in [-0.15, -0.1) is 11.3 Å². The van der Waals surface area contributed by atoms with Gasteiger partial charge in [-0.1, -0.05) is 23.7 Å². The van der Waals surface area contributed by atoms with Crippen molar-refractivity contribution in [3.05, 3.63) is 40.2 Å². The highest BCUT2D eigenvalue weighted by Gasteiger charge is 2.57. The molecule has 2 atom stereocenters. The van der Waals surface area contributed by atoms with E-state index in [1.165, 1.54) is 11.3 Å². The molecular formula is C19H18ClN3O4S2. The molecule has 0 amide bonds. The van der Waals surface area contributed by atoms with Gasteiger partial charge in [-0.25, -0.2) is 8.42 Å². The molecule has 2 aliphatic heterocycles. The number of hydrogen-bond donors (Lipinski definition) is 2. The summed E-state index contributed by atoms with van der Waals surface area (Å²) in [5.74, 6) is 0.591. The fourth-order valence-electron chi connectivity index (χ4n) is 3.85. The van der Waals surface area contributed by atoms with Gasteiger partial charge in [0.1, 0.15) is 17.6 Å². The summed E-state index contributed by atoms with van der Waals surface area (Å²) >= 11 is 7.89. The Morgan fingerprint density at radius 3 is 2.86 bits per heavy atom. The van der Waals surface area contributed by atoms with Gasteiger partial charge in [-0.2, -0.15) is 0 Å². The van der Waals surface area contributed by atoms with Gasteiger partial charge in [0.05, 0.1) is 40.6 Å². The van der Waals surface area contributed by atoms with Gasteiger partial charge in [0.25, 0.3) is 0 Å². The Hall–Kier alpha value is -2.07. The number of nitrogens with one attached hydrogen (secondary N) is 1. The summed E-state index contributed by atoms with van der Waals surface area (Å²) in [6.45, 7) is 0.369. The summed E-state index contributed by atoms with van der Waals surface area (Å²) in [5, 5.41) is 1.48. The number of nitrogens with two attached hydrogens (primary N) is 1. The summed E-state index contributed by atoms with van der Waals surface area (Å²) in [6, 6.07) is 8.99. The van der Waals surface area contributed by atoms with Crippen molar-refractivity contribution >= 4 is 49.5 Å². The zero-order valence-electron chi connectivity index (χ0n) is 15.4. The summed E-state index contributed by atoms with van der Waals surface area (Å²) < 4.78 is 36.4. The van der Waals surface area contributed by atoms with Crippen LogP contribution in [-0.4, -0.2) is 43.6 Å². The number of aromatic nitrogens is 1. The van der Waals surface area contributed by atoms with Crippen molar-refractivity contribution in [1.82, 2.24) is 4.98 Å². The first kappa shape index (κ1) is 18.9. The Balaban J connectivity index is 1.55. The number of ether oxygens (including phenoxy) is 2. The topological polar surface area (TPSA) is 107 Å². The number of aromatic amines is 1. The number of benzene rings is 1. The monoisotopic (exact) mass is 451 g/mol. The molecule has 0 bridgehead atoms. The van der Waals surface area contributed by atoms with E-state index in [2.05, 4.69) is 9.98 Å². The van der Waals surface area contributed by atoms with Crippen molar-refractivity contribution in [3.8, 4) is 16.3 Å². The number of fused-ring (bicyclic) bond motifs is 1. The summed E-state index contributed by atoms with van der Waals surface area (Å²) in [5.41, 5.74) is 7.78. The standard InChI is InChI=1S/C19H18ClN3O4S2/c1-26-14-4-2-3-10-7-12(22-16(10)14)15-8-11(20)17(28-15)13-9-29(24,25)19(5-6-27-19)18(21)23-13/h2-4,7-8,13,22H,5-6,9H2,1H3,(H2,21,23). The highest BCUT2D eigenvalue weighted by Crippen LogP contribution is 2.45. The normalized spacial score (nSPS) is 25.7. The van der Waals surface area contributed by atoms with Crippen molar-refractivity contribution in [3.63, 3.8) is 0 Å². The molecule has 1 fully saturated rings. The minimum Gasteiger partial charge on any atom is -0.495 e. The molecule has 1 saturated heterocycles. The third-order valence-corrected chi connectivity index (χ3v) is 9.44. The average Bonchev–Trinajstić information content (AvgIpc) is 3.22. The number of sulfone groups is 1. The number of nitrogens with zero attached hydrogens (tertiary/aromatic N) is 1. The summed E-state index contributed by atoms with van der Waals surface area (Å²) in [4.78, 5) is 7.92. The van der Waals surface area contributed by atoms with E-state index in [-0.39, 0.29) is 11.6 Å². The molecule has 0 aliphatic carbocycles. The second-order valence-electron chi connectivity index (χ2n) is 7.09. The second-order valence-corrected chi connectivity index (χ2v) is 10.8. The molecule has 1 aromatic carbocycles. The Morgan fingerprint density at radius 2 is 2.21 bits per heavy atom. The molecule has 2 aliphatic rings. The molecule has 2 aromatic heterocycles. The predicted octanol–water partition coefficient (Wildman–Crippen LogP) is 3.50. The Labute approximate surface area is 176 Å². The van der Waals surface area contributed by atoms with Crippen molar-refractivity contribution in [2.24, 2.45) is 10.7 Å². The van der Waals surface area contributed by atoms with Crippen LogP contribution >= 0.6 is 22.9 Å². The van der Waals surface area contributed by atoms with Gasteiger partial charge in [0.15, 0.2) is 9.84 Å². The van der Waals surface area contributed by atoms with Crippen LogP contribution in [0.25, 0.3) is 21.5 Å². The molecule has 2 unspecified atom stereocenters. The van der Waals surface area contributed by atoms with Crippen molar-refractivity contribution < 1.29 is 17.9 Å². The van der Waals surface area contributed by atoms with E-state index < -0.39 is 20.8 Å². The molecular weight excluding hydrogens is 434 g/mol. The highest BCUT2D eigenvalue weighted by molar-refractivity contribution is 7.93. The van der Waals surface area contributed by atoms with Crippen LogP contribution in [0.4, 0.5) is 0 Å². The minimum atomic E-state index is -3.59. The van der Waals surface area contributed by atoms with Crippen molar-refractivity contribution in [2.75, 3.05) is 19.5 Å². The van der Waals surface area contributed by atoms with E-state index in [1.807, 2.05) is 30.3 Å². The third-order valence-electron chi connectivity index (χ3n) is 5.45. The van der Waals surface area contributed by atoms with E-state index >= 15 is 0 Å². The highest BCUT2D eigenvalue weighted by atomic mass is 35.5. The Bertz CT molecular complexity index is 1260. The smallest absolute Gasteiger partial charge is 0.228 e. The first-order valence-corrected chi connectivity index (χ1v) is 11.8. The molecule has 1 spiro atoms. The zero-order chi connectivity index (χ0) is 20.4. The predicted molar refractivity (Wildman–Crippen MR) is 115 cm³/mol. The summed E-state index contributed by atoms with van der Waals surface area (Å²) in [6.07, 6.45) is 0.345. The van der Waals surface area contributed by atoms with Crippen molar-refractivity contribution in [1.29, 1.82) is 0 Å². The van der Waals surface area contributed by atoms with E-state index in [4.69, 9.17) is 26.8 Å². The Kier molecular flexibility index (Phi) is 4.22. The van der Waals surface area contributed by atoms with Crippen LogP contribution in [0.2, 0.25) is 5.02 Å². The summed E-state index contributed by atoms with van der Waals surface area (Å²) in [7, 11) is -1.96. The number of methoxy groups -OCH3 is 1. The van der Waals surface area contributed by atoms with Crippen LogP contribution in [-0.2, 0) is 14.6 Å². The quantitative estimate of drug-likeness (QED) is 0.633. The van der Waals surface area contributed by atoms with Crippen LogP contribution in [0.3, 0.4) is 0 Å². The number of aliphatic imine (C=N–C) groups is 1. The van der Waals surface area contributed by atoms with Crippen LogP contribution in [0.5, 0.6) is 5.75 Å². The molecule has 5 rings (SSSR count). The lowest BCUT2D eigenvalue weighted by Crippen LogP contribution is -2.62. The molecule has 3 N–H and O–H groups in total. The largest absolute Gasteiger partial charge is 0.495 e. The number of para-hydroxylation sites is 1. The van der Waals surface area contributed by atoms with E-state index in [0.29, 0.717) is 22.9 Å². The number of rotatable bonds is 3. The number of hydrogen-bond acceptors (Lipinski definition) is 7. The first-order chi connectivity index (χ1) is 13.8. The van der Waals surface area contributed by atoms with Crippen LogP contribution in [0.15, 0.2) is 35.3 Å². The maximum absolute atomic E-state index is 12.8. The number of amidine groups is 1. The van der Waals surface area contributed by atoms with Gasteiger partial charge in [-0.3, -0.25) is 4.99 Å². The van der Waals surface area contributed by atoms with Gasteiger partial charge in [0.2, 0.25) is 4.93 Å². The van der Waals surface area contributed by atoms with Gasteiger partial charge < -0.3 is 20.2 Å². The Morgan fingerprint density at radius 1 is 1.41 bits per heavy atom. The number of H-pyrrole nitrogens is 1. The third kappa shape index (κ3) is 2.72. The van der Waals surface area contributed by atoms with Gasteiger partial charge in [0, 0.05) is 16.7 Å². The second kappa shape index (κ2) is 6.46. The molecule has 4 heterocycles. The fraction of sp³-hybridized carbons (Fsp3) is 0.316. The molecule has 7 nitrogen and oxygen atoms in total. The van der Waals surface area contributed by atoms with Gasteiger partial charge in [-0.05, 0) is 18.2 Å². The van der Waals surface area contributed by atoms with Crippen molar-refractivity contribution in [2.45, 2.75) is 17.4 Å². The van der Waals surface area contributed by atoms with Crippen LogP contribution in [0, 0.1) is 0 Å². The lowest BCUT2D eigenvalue weighted by atomic mass is 10.1. The van der Waals surface area contributed by atoms with E-state index in [9.17, 15) is 8.42 Å². The van der Waals surface area contributed by atoms with Crippen LogP contribution < -0.4 is 10.5 Å².